The summed E-state index contributed by atoms with van der Waals surface area (Å²) in [6.45, 7) is 4.20. The van der Waals surface area contributed by atoms with E-state index in [0.717, 1.165) is 27.6 Å². The highest BCUT2D eigenvalue weighted by atomic mass is 32.1. The summed E-state index contributed by atoms with van der Waals surface area (Å²) < 4.78 is 0. The molecular weight excluding hydrogens is 244 g/mol. The molecule has 0 spiro atoms. The van der Waals surface area contributed by atoms with Crippen molar-refractivity contribution in [3.63, 3.8) is 0 Å². The number of aromatic nitrogens is 1. The number of fused-ring (bicyclic) bond motifs is 2. The number of thiazole rings is 1. The lowest BCUT2D eigenvalue weighted by molar-refractivity contribution is 0.102. The molecule has 0 atom stereocenters. The van der Waals surface area contributed by atoms with Crippen LogP contribution in [0, 0.1) is 0 Å². The van der Waals surface area contributed by atoms with Crippen LogP contribution in [0.25, 0.3) is 0 Å². The predicted octanol–water partition coefficient (Wildman–Crippen LogP) is 3.42. The normalized spacial score (nSPS) is 13.8. The van der Waals surface area contributed by atoms with Gasteiger partial charge in [0.25, 0.3) is 5.91 Å². The summed E-state index contributed by atoms with van der Waals surface area (Å²) in [5.41, 5.74) is 2.65. The Morgan fingerprint density at radius 3 is 2.89 bits per heavy atom. The van der Waals surface area contributed by atoms with Gasteiger partial charge in [-0.15, -0.1) is 11.3 Å². The van der Waals surface area contributed by atoms with Gasteiger partial charge in [-0.2, -0.15) is 0 Å². The van der Waals surface area contributed by atoms with Crippen LogP contribution < -0.4 is 5.32 Å². The van der Waals surface area contributed by atoms with Gasteiger partial charge in [0.1, 0.15) is 5.69 Å². The molecule has 3 nitrogen and oxygen atoms in total. The Kier molecular flexibility index (Phi) is 2.67. The minimum Gasteiger partial charge on any atom is -0.320 e. The molecule has 2 aromatic rings. The number of amides is 1. The van der Waals surface area contributed by atoms with Gasteiger partial charge in [0.05, 0.1) is 5.01 Å². The van der Waals surface area contributed by atoms with Crippen LogP contribution in [0.1, 0.15) is 45.7 Å². The van der Waals surface area contributed by atoms with Gasteiger partial charge in [0.2, 0.25) is 0 Å². The van der Waals surface area contributed by atoms with Gasteiger partial charge in [-0.05, 0) is 11.6 Å². The number of nitrogens with zero attached hydrogens (tertiary/aromatic N) is 1. The lowest BCUT2D eigenvalue weighted by atomic mass is 10.1. The third-order valence-corrected chi connectivity index (χ3v) is 4.40. The van der Waals surface area contributed by atoms with E-state index in [-0.39, 0.29) is 5.91 Å². The Morgan fingerprint density at radius 1 is 1.33 bits per heavy atom. The lowest BCUT2D eigenvalue weighted by Gasteiger charge is -2.05. The molecule has 1 aromatic carbocycles. The summed E-state index contributed by atoms with van der Waals surface area (Å²) in [6.07, 6.45) is 0.786. The van der Waals surface area contributed by atoms with Crippen LogP contribution in [-0.2, 0) is 6.42 Å². The van der Waals surface area contributed by atoms with Crippen LogP contribution in [0.5, 0.6) is 0 Å². The third-order valence-electron chi connectivity index (χ3n) is 3.04. The van der Waals surface area contributed by atoms with Gasteiger partial charge in [-0.1, -0.05) is 32.0 Å². The monoisotopic (exact) mass is 258 g/mol. The molecule has 2 heterocycles. The maximum absolute atomic E-state index is 12.1. The summed E-state index contributed by atoms with van der Waals surface area (Å²) in [5.74, 6) is 0.281. The minimum atomic E-state index is -0.0851. The predicted molar refractivity (Wildman–Crippen MR) is 73.4 cm³/mol. The molecule has 1 amide bonds. The van der Waals surface area contributed by atoms with E-state index in [2.05, 4.69) is 30.2 Å². The molecule has 92 valence electrons. The van der Waals surface area contributed by atoms with Crippen molar-refractivity contribution in [2.24, 2.45) is 0 Å². The number of nitrogens with one attached hydrogen (secondary N) is 1. The lowest BCUT2D eigenvalue weighted by Crippen LogP contribution is -2.12. The van der Waals surface area contributed by atoms with E-state index in [1.54, 1.807) is 11.3 Å². The van der Waals surface area contributed by atoms with Crippen molar-refractivity contribution in [3.8, 4) is 0 Å². The zero-order valence-electron chi connectivity index (χ0n) is 10.4. The van der Waals surface area contributed by atoms with Gasteiger partial charge < -0.3 is 5.32 Å². The summed E-state index contributed by atoms with van der Waals surface area (Å²) in [6, 6.07) is 7.93. The fourth-order valence-electron chi connectivity index (χ4n) is 2.06. The Balaban J connectivity index is 2.10. The fourth-order valence-corrected chi connectivity index (χ4v) is 3.15. The molecule has 18 heavy (non-hydrogen) atoms. The van der Waals surface area contributed by atoms with Crippen molar-refractivity contribution < 1.29 is 4.79 Å². The number of benzene rings is 1. The number of para-hydroxylation sites is 1. The van der Waals surface area contributed by atoms with E-state index in [0.29, 0.717) is 11.6 Å². The Bertz CT molecular complexity index is 616. The zero-order valence-corrected chi connectivity index (χ0v) is 11.2. The highest BCUT2D eigenvalue weighted by molar-refractivity contribution is 7.12. The smallest absolute Gasteiger partial charge is 0.275 e. The standard InChI is InChI=1S/C14H14N2OS/c1-8(2)14-16-12-11(18-14)7-9-5-3-4-6-10(9)15-13(12)17/h3-6,8H,7H2,1-2H3,(H,15,17). The fraction of sp³-hybridized carbons (Fsp3) is 0.286. The molecule has 3 rings (SSSR count). The Labute approximate surface area is 110 Å². The molecular formula is C14H14N2OS. The molecule has 0 bridgehead atoms. The van der Waals surface area contributed by atoms with Gasteiger partial charge in [0, 0.05) is 22.9 Å². The number of anilines is 1. The molecule has 1 aliphatic rings. The van der Waals surface area contributed by atoms with Crippen molar-refractivity contribution in [2.75, 3.05) is 5.32 Å². The highest BCUT2D eigenvalue weighted by Crippen LogP contribution is 2.31. The first-order valence-corrected chi connectivity index (χ1v) is 6.85. The SMILES string of the molecule is CC(C)c1nc2c(s1)Cc1ccccc1NC2=O. The second kappa shape index (κ2) is 4.21. The second-order valence-corrected chi connectivity index (χ2v) is 5.88. The van der Waals surface area contributed by atoms with Crippen LogP contribution >= 0.6 is 11.3 Å². The first kappa shape index (κ1) is 11.4. The topological polar surface area (TPSA) is 42.0 Å². The van der Waals surface area contributed by atoms with E-state index >= 15 is 0 Å². The number of rotatable bonds is 1. The van der Waals surface area contributed by atoms with E-state index in [1.807, 2.05) is 18.2 Å². The average molecular weight is 258 g/mol. The molecule has 1 aromatic heterocycles. The van der Waals surface area contributed by atoms with Crippen LogP contribution in [-0.4, -0.2) is 10.9 Å². The molecule has 0 saturated carbocycles. The molecule has 0 aliphatic carbocycles. The van der Waals surface area contributed by atoms with E-state index in [4.69, 9.17) is 0 Å². The van der Waals surface area contributed by atoms with Crippen molar-refractivity contribution in [3.05, 3.63) is 45.4 Å². The number of carbonyl (C=O) groups is 1. The summed E-state index contributed by atoms with van der Waals surface area (Å²) >= 11 is 1.65. The molecule has 0 saturated heterocycles. The Hall–Kier alpha value is -1.68. The van der Waals surface area contributed by atoms with E-state index in [9.17, 15) is 4.79 Å². The summed E-state index contributed by atoms with van der Waals surface area (Å²) in [5, 5.41) is 3.97. The molecule has 1 N–H and O–H groups in total. The maximum Gasteiger partial charge on any atom is 0.275 e. The first-order chi connectivity index (χ1) is 8.65. The highest BCUT2D eigenvalue weighted by Gasteiger charge is 2.24. The average Bonchev–Trinajstić information content (AvgIpc) is 2.71. The van der Waals surface area contributed by atoms with Crippen LogP contribution in [0.3, 0.4) is 0 Å². The molecule has 0 radical (unpaired) electrons. The molecule has 1 aliphatic heterocycles. The van der Waals surface area contributed by atoms with Crippen molar-refractivity contribution in [1.29, 1.82) is 0 Å². The second-order valence-electron chi connectivity index (χ2n) is 4.77. The van der Waals surface area contributed by atoms with E-state index < -0.39 is 0 Å². The largest absolute Gasteiger partial charge is 0.320 e. The van der Waals surface area contributed by atoms with Gasteiger partial charge >= 0.3 is 0 Å². The first-order valence-electron chi connectivity index (χ1n) is 6.04. The van der Waals surface area contributed by atoms with E-state index in [1.165, 1.54) is 0 Å². The quantitative estimate of drug-likeness (QED) is 0.851. The maximum atomic E-state index is 12.1. The summed E-state index contributed by atoms with van der Waals surface area (Å²) in [7, 11) is 0. The minimum absolute atomic E-state index is 0.0851. The summed E-state index contributed by atoms with van der Waals surface area (Å²) in [4.78, 5) is 17.7. The van der Waals surface area contributed by atoms with Crippen LogP contribution in [0.2, 0.25) is 0 Å². The zero-order chi connectivity index (χ0) is 12.7. The van der Waals surface area contributed by atoms with Crippen LogP contribution in [0.15, 0.2) is 24.3 Å². The number of hydrogen-bond donors (Lipinski definition) is 1. The van der Waals surface area contributed by atoms with Crippen molar-refractivity contribution >= 4 is 22.9 Å². The molecule has 0 fully saturated rings. The number of carbonyl (C=O) groups excluding carboxylic acids is 1. The molecule has 4 heteroatoms. The van der Waals surface area contributed by atoms with Gasteiger partial charge in [0.15, 0.2) is 0 Å². The van der Waals surface area contributed by atoms with Crippen LogP contribution in [0.4, 0.5) is 5.69 Å². The molecule has 0 unspecified atom stereocenters. The van der Waals surface area contributed by atoms with Gasteiger partial charge in [-0.3, -0.25) is 4.79 Å². The third kappa shape index (κ3) is 1.82. The van der Waals surface area contributed by atoms with Gasteiger partial charge in [-0.25, -0.2) is 4.98 Å². The Morgan fingerprint density at radius 2 is 2.11 bits per heavy atom. The number of hydrogen-bond acceptors (Lipinski definition) is 3. The van der Waals surface area contributed by atoms with Crippen molar-refractivity contribution in [2.45, 2.75) is 26.2 Å². The van der Waals surface area contributed by atoms with Crippen molar-refractivity contribution in [1.82, 2.24) is 4.98 Å².